The highest BCUT2D eigenvalue weighted by molar-refractivity contribution is 5.81. The normalized spacial score (nSPS) is 27.8. The first kappa shape index (κ1) is 17.7. The minimum Gasteiger partial charge on any atom is -0.478 e. The molecule has 0 aromatic heterocycles. The van der Waals surface area contributed by atoms with E-state index in [9.17, 15) is 4.79 Å². The van der Waals surface area contributed by atoms with Crippen LogP contribution in [0.2, 0.25) is 0 Å². The van der Waals surface area contributed by atoms with E-state index in [0.717, 1.165) is 18.4 Å². The van der Waals surface area contributed by atoms with Crippen molar-refractivity contribution in [2.45, 2.75) is 58.3 Å². The van der Waals surface area contributed by atoms with Crippen LogP contribution in [0.5, 0.6) is 0 Å². The Labute approximate surface area is 151 Å². The third kappa shape index (κ3) is 3.35. The third-order valence-electron chi connectivity index (χ3n) is 6.00. The molecule has 3 rings (SSSR count). The van der Waals surface area contributed by atoms with E-state index in [1.165, 1.54) is 28.3 Å². The van der Waals surface area contributed by atoms with Gasteiger partial charge < -0.3 is 5.11 Å². The van der Waals surface area contributed by atoms with Crippen molar-refractivity contribution < 1.29 is 9.90 Å². The van der Waals surface area contributed by atoms with Crippen molar-refractivity contribution in [3.63, 3.8) is 0 Å². The topological polar surface area (TPSA) is 37.3 Å². The van der Waals surface area contributed by atoms with E-state index >= 15 is 0 Å². The molecule has 0 spiro atoms. The van der Waals surface area contributed by atoms with Gasteiger partial charge in [0.05, 0.1) is 0 Å². The van der Waals surface area contributed by atoms with Gasteiger partial charge in [-0.05, 0) is 71.3 Å². The fraction of sp³-hybridized carbons (Fsp3) is 0.435. The second kappa shape index (κ2) is 6.01. The molecule has 25 heavy (non-hydrogen) atoms. The summed E-state index contributed by atoms with van der Waals surface area (Å²) in [6, 6.07) is 7.00. The maximum absolute atomic E-state index is 10.7. The van der Waals surface area contributed by atoms with Gasteiger partial charge in [-0.2, -0.15) is 0 Å². The number of carboxylic acid groups (broad SMARTS) is 1. The van der Waals surface area contributed by atoms with E-state index in [2.05, 4.69) is 58.0 Å². The highest BCUT2D eigenvalue weighted by Gasteiger charge is 2.49. The van der Waals surface area contributed by atoms with Gasteiger partial charge in [0.15, 0.2) is 0 Å². The SMILES string of the molecule is CC1=CCC(C)(C)c2ccc([C@@]3(C)CC3C=C/C(C)=C/C(=O)O)cc21. The standard InChI is InChI=1S/C23H28O2/c1-15(12-21(24)25)6-7-18-14-23(18,5)17-8-9-20-19(13-17)16(2)10-11-22(20,3)4/h6-10,12-13,18H,11,14H2,1-5H3,(H,24,25)/b7-6?,15-12+/t18?,23-/m1/s1. The fourth-order valence-electron chi connectivity index (χ4n) is 3.97. The average Bonchev–Trinajstić information content (AvgIpc) is 3.20. The number of rotatable bonds is 4. The van der Waals surface area contributed by atoms with Gasteiger partial charge in [-0.15, -0.1) is 0 Å². The number of carboxylic acids is 1. The van der Waals surface area contributed by atoms with Gasteiger partial charge in [0.1, 0.15) is 0 Å². The summed E-state index contributed by atoms with van der Waals surface area (Å²) in [5.41, 5.74) is 6.78. The zero-order valence-electron chi connectivity index (χ0n) is 15.9. The van der Waals surface area contributed by atoms with Crippen molar-refractivity contribution in [3.8, 4) is 0 Å². The quantitative estimate of drug-likeness (QED) is 0.571. The molecule has 0 saturated heterocycles. The monoisotopic (exact) mass is 336 g/mol. The van der Waals surface area contributed by atoms with Crippen LogP contribution >= 0.6 is 0 Å². The van der Waals surface area contributed by atoms with Crippen LogP contribution < -0.4 is 0 Å². The first-order valence-corrected chi connectivity index (χ1v) is 9.05. The summed E-state index contributed by atoms with van der Waals surface area (Å²) in [5.74, 6) is -0.413. The van der Waals surface area contributed by atoms with Gasteiger partial charge in [-0.1, -0.05) is 57.2 Å². The van der Waals surface area contributed by atoms with Crippen LogP contribution in [0.1, 0.15) is 64.2 Å². The Morgan fingerprint density at radius 2 is 2.00 bits per heavy atom. The maximum atomic E-state index is 10.7. The zero-order valence-corrected chi connectivity index (χ0v) is 15.9. The highest BCUT2D eigenvalue weighted by atomic mass is 16.4. The minimum atomic E-state index is -0.889. The predicted molar refractivity (Wildman–Crippen MR) is 104 cm³/mol. The Balaban J connectivity index is 1.85. The van der Waals surface area contributed by atoms with E-state index in [1.54, 1.807) is 0 Å². The lowest BCUT2D eigenvalue weighted by molar-refractivity contribution is -0.131. The van der Waals surface area contributed by atoms with Crippen molar-refractivity contribution in [1.29, 1.82) is 0 Å². The first-order valence-electron chi connectivity index (χ1n) is 9.05. The van der Waals surface area contributed by atoms with Crippen LogP contribution in [0.3, 0.4) is 0 Å². The largest absolute Gasteiger partial charge is 0.478 e. The molecule has 0 aliphatic heterocycles. The minimum absolute atomic E-state index is 0.164. The van der Waals surface area contributed by atoms with Gasteiger partial charge in [0, 0.05) is 6.08 Å². The second-order valence-electron chi connectivity index (χ2n) is 8.55. The first-order chi connectivity index (χ1) is 11.6. The smallest absolute Gasteiger partial charge is 0.328 e. The Bertz CT molecular complexity index is 807. The zero-order chi connectivity index (χ0) is 18.4. The van der Waals surface area contributed by atoms with Crippen LogP contribution in [0.15, 0.2) is 48.1 Å². The van der Waals surface area contributed by atoms with Crippen LogP contribution in [0, 0.1) is 5.92 Å². The van der Waals surface area contributed by atoms with Gasteiger partial charge in [0.25, 0.3) is 0 Å². The summed E-state index contributed by atoms with van der Waals surface area (Å²) < 4.78 is 0. The summed E-state index contributed by atoms with van der Waals surface area (Å²) in [6.45, 7) is 11.0. The van der Waals surface area contributed by atoms with E-state index in [0.29, 0.717) is 5.92 Å². The molecule has 1 unspecified atom stereocenters. The van der Waals surface area contributed by atoms with Crippen LogP contribution in [-0.4, -0.2) is 11.1 Å². The lowest BCUT2D eigenvalue weighted by Gasteiger charge is -2.32. The van der Waals surface area contributed by atoms with E-state index in [1.807, 2.05) is 13.0 Å². The Kier molecular flexibility index (Phi) is 4.26. The van der Waals surface area contributed by atoms with Crippen LogP contribution in [0.4, 0.5) is 0 Å². The molecule has 1 N–H and O–H groups in total. The highest BCUT2D eigenvalue weighted by Crippen LogP contribution is 2.55. The summed E-state index contributed by atoms with van der Waals surface area (Å²) in [7, 11) is 0. The molecular formula is C23H28O2. The Morgan fingerprint density at radius 1 is 1.28 bits per heavy atom. The predicted octanol–water partition coefficient (Wildman–Crippen LogP) is 5.64. The fourth-order valence-corrected chi connectivity index (χ4v) is 3.97. The van der Waals surface area contributed by atoms with Crippen molar-refractivity contribution in [2.75, 3.05) is 0 Å². The van der Waals surface area contributed by atoms with Crippen LogP contribution in [-0.2, 0) is 15.6 Å². The van der Waals surface area contributed by atoms with Gasteiger partial charge >= 0.3 is 5.97 Å². The molecule has 0 heterocycles. The number of aliphatic carboxylic acids is 1. The van der Waals surface area contributed by atoms with Gasteiger partial charge in [0.2, 0.25) is 0 Å². The summed E-state index contributed by atoms with van der Waals surface area (Å²) in [4.78, 5) is 10.7. The molecule has 2 nitrogen and oxygen atoms in total. The second-order valence-corrected chi connectivity index (χ2v) is 8.55. The molecule has 2 aliphatic carbocycles. The van der Waals surface area contributed by atoms with Gasteiger partial charge in [-0.25, -0.2) is 4.79 Å². The van der Waals surface area contributed by atoms with Crippen molar-refractivity contribution in [2.24, 2.45) is 5.92 Å². The third-order valence-corrected chi connectivity index (χ3v) is 6.00. The maximum Gasteiger partial charge on any atom is 0.328 e. The molecule has 0 amide bonds. The summed E-state index contributed by atoms with van der Waals surface area (Å²) in [5, 5.41) is 8.81. The average molecular weight is 336 g/mol. The van der Waals surface area contributed by atoms with E-state index in [-0.39, 0.29) is 10.8 Å². The number of hydrogen-bond donors (Lipinski definition) is 1. The molecule has 132 valence electrons. The van der Waals surface area contributed by atoms with Crippen molar-refractivity contribution >= 4 is 11.5 Å². The molecule has 0 bridgehead atoms. The number of allylic oxidation sites excluding steroid dienone is 5. The molecule has 1 fully saturated rings. The lowest BCUT2D eigenvalue weighted by atomic mass is 9.72. The van der Waals surface area contributed by atoms with Crippen molar-refractivity contribution in [3.05, 3.63) is 64.8 Å². The summed E-state index contributed by atoms with van der Waals surface area (Å²) in [6.07, 6.45) is 9.94. The Hall–Kier alpha value is -2.09. The molecule has 1 aromatic rings. The molecule has 0 radical (unpaired) electrons. The Morgan fingerprint density at radius 3 is 2.68 bits per heavy atom. The molecule has 2 atom stereocenters. The number of carbonyl (C=O) groups is 1. The van der Waals surface area contributed by atoms with E-state index in [4.69, 9.17) is 5.11 Å². The van der Waals surface area contributed by atoms with Crippen molar-refractivity contribution in [1.82, 2.24) is 0 Å². The lowest BCUT2D eigenvalue weighted by Crippen LogP contribution is -2.21. The van der Waals surface area contributed by atoms with Crippen LogP contribution in [0.25, 0.3) is 5.57 Å². The van der Waals surface area contributed by atoms with E-state index < -0.39 is 5.97 Å². The number of fused-ring (bicyclic) bond motifs is 1. The molecule has 1 saturated carbocycles. The molecular weight excluding hydrogens is 308 g/mol. The number of benzene rings is 1. The number of hydrogen-bond acceptors (Lipinski definition) is 1. The summed E-state index contributed by atoms with van der Waals surface area (Å²) >= 11 is 0. The molecule has 2 heteroatoms. The molecule has 2 aliphatic rings. The molecule has 1 aromatic carbocycles. The van der Waals surface area contributed by atoms with Gasteiger partial charge in [-0.3, -0.25) is 0 Å².